The van der Waals surface area contributed by atoms with E-state index >= 15 is 0 Å². The number of piperazine rings is 1. The summed E-state index contributed by atoms with van der Waals surface area (Å²) < 4.78 is 30.6. The maximum absolute atomic E-state index is 14.2. The molecule has 0 radical (unpaired) electrons. The molecule has 2 heterocycles. The van der Waals surface area contributed by atoms with E-state index in [1.807, 2.05) is 11.0 Å². The van der Waals surface area contributed by atoms with Gasteiger partial charge in [-0.15, -0.1) is 0 Å². The number of hydrogen-bond donors (Lipinski definition) is 2. The molecule has 9 nitrogen and oxygen atoms in total. The zero-order valence-corrected chi connectivity index (χ0v) is 20.7. The van der Waals surface area contributed by atoms with E-state index in [1.165, 1.54) is 20.3 Å². The maximum atomic E-state index is 14.2. The fourth-order valence-corrected chi connectivity index (χ4v) is 4.64. The van der Waals surface area contributed by atoms with E-state index in [4.69, 9.17) is 14.2 Å². The van der Waals surface area contributed by atoms with Crippen LogP contribution in [0.3, 0.4) is 0 Å². The highest BCUT2D eigenvalue weighted by Crippen LogP contribution is 2.39. The van der Waals surface area contributed by atoms with Crippen LogP contribution >= 0.6 is 0 Å². The molecular formula is C26H31FN4O5. The Morgan fingerprint density at radius 3 is 2.47 bits per heavy atom. The van der Waals surface area contributed by atoms with Crippen molar-refractivity contribution in [2.45, 2.75) is 13.0 Å². The lowest BCUT2D eigenvalue weighted by Gasteiger charge is -2.38. The Hall–Kier alpha value is -3.79. The molecule has 2 aliphatic heterocycles. The fourth-order valence-electron chi connectivity index (χ4n) is 4.64. The van der Waals surface area contributed by atoms with E-state index in [0.717, 1.165) is 0 Å². The number of esters is 1. The van der Waals surface area contributed by atoms with Gasteiger partial charge in [-0.05, 0) is 25.1 Å². The van der Waals surface area contributed by atoms with Crippen LogP contribution < -0.4 is 25.0 Å². The van der Waals surface area contributed by atoms with Crippen molar-refractivity contribution in [1.82, 2.24) is 15.5 Å². The Morgan fingerprint density at radius 1 is 1.06 bits per heavy atom. The molecule has 0 unspecified atom stereocenters. The third-order valence-electron chi connectivity index (χ3n) is 6.34. The van der Waals surface area contributed by atoms with Crippen LogP contribution in [0.15, 0.2) is 53.7 Å². The van der Waals surface area contributed by atoms with Gasteiger partial charge in [-0.3, -0.25) is 4.90 Å². The van der Waals surface area contributed by atoms with Gasteiger partial charge in [0.1, 0.15) is 5.82 Å². The lowest BCUT2D eigenvalue weighted by atomic mass is 9.93. The molecule has 36 heavy (non-hydrogen) atoms. The third-order valence-corrected chi connectivity index (χ3v) is 6.34. The van der Waals surface area contributed by atoms with Gasteiger partial charge in [0.05, 0.1) is 38.1 Å². The van der Waals surface area contributed by atoms with Crippen molar-refractivity contribution in [2.75, 3.05) is 58.5 Å². The number of para-hydroxylation sites is 2. The molecule has 192 valence electrons. The van der Waals surface area contributed by atoms with Gasteiger partial charge in [0.2, 0.25) is 0 Å². The standard InChI is InChI=1S/C26H31FN4O5/c1-4-36-25(32)22-19(16-30-12-14-31(15-13-30)20-10-6-5-9-18(20)27)28-26(33)29-23(22)17-8-7-11-21(34-2)24(17)35-3/h5-11,23H,4,12-16H2,1-3H3,(H2,28,29,33)/t23-/m0/s1. The SMILES string of the molecule is CCOC(=O)C1=C(CN2CCN(c3ccccc3F)CC2)NC(=O)N[C@H]1c1cccc(OC)c1OC. The quantitative estimate of drug-likeness (QED) is 0.541. The van der Waals surface area contributed by atoms with Gasteiger partial charge in [-0.1, -0.05) is 24.3 Å². The molecule has 2 amide bonds. The Bertz CT molecular complexity index is 1150. The number of nitrogens with one attached hydrogen (secondary N) is 2. The minimum atomic E-state index is -0.794. The first-order chi connectivity index (χ1) is 17.5. The highest BCUT2D eigenvalue weighted by atomic mass is 19.1. The van der Waals surface area contributed by atoms with Crippen LogP contribution in [0.4, 0.5) is 14.9 Å². The van der Waals surface area contributed by atoms with Crippen LogP contribution in [0.2, 0.25) is 0 Å². The number of carbonyl (C=O) groups excluding carboxylic acids is 2. The Morgan fingerprint density at radius 2 is 1.81 bits per heavy atom. The van der Waals surface area contributed by atoms with Crippen molar-refractivity contribution in [3.05, 3.63) is 65.1 Å². The second kappa shape index (κ2) is 11.3. The van der Waals surface area contributed by atoms with Crippen LogP contribution in [0.25, 0.3) is 0 Å². The topological polar surface area (TPSA) is 92.4 Å². The van der Waals surface area contributed by atoms with Crippen molar-refractivity contribution in [3.63, 3.8) is 0 Å². The summed E-state index contributed by atoms with van der Waals surface area (Å²) in [6, 6.07) is 10.8. The van der Waals surface area contributed by atoms with Crippen LogP contribution in [0.5, 0.6) is 11.5 Å². The molecule has 2 aromatic rings. The largest absolute Gasteiger partial charge is 0.493 e. The third kappa shape index (κ3) is 5.23. The van der Waals surface area contributed by atoms with E-state index in [9.17, 15) is 14.0 Å². The first-order valence-electron chi connectivity index (χ1n) is 11.9. The van der Waals surface area contributed by atoms with E-state index in [-0.39, 0.29) is 12.4 Å². The van der Waals surface area contributed by atoms with Crippen LogP contribution in [0, 0.1) is 5.82 Å². The summed E-state index contributed by atoms with van der Waals surface area (Å²) in [6.45, 7) is 4.73. The van der Waals surface area contributed by atoms with Gasteiger partial charge in [0, 0.05) is 44.0 Å². The number of urea groups is 1. The summed E-state index contributed by atoms with van der Waals surface area (Å²) in [5.74, 6) is 0.127. The maximum Gasteiger partial charge on any atom is 0.338 e. The number of ether oxygens (including phenoxy) is 3. The molecule has 0 spiro atoms. The number of rotatable bonds is 8. The number of hydrogen-bond acceptors (Lipinski definition) is 7. The first kappa shape index (κ1) is 25.3. The van der Waals surface area contributed by atoms with Crippen molar-refractivity contribution < 1.29 is 28.2 Å². The molecule has 0 aliphatic carbocycles. The number of methoxy groups -OCH3 is 2. The molecule has 2 aliphatic rings. The van der Waals surface area contributed by atoms with Crippen molar-refractivity contribution in [1.29, 1.82) is 0 Å². The predicted octanol–water partition coefficient (Wildman–Crippen LogP) is 2.84. The summed E-state index contributed by atoms with van der Waals surface area (Å²) >= 11 is 0. The summed E-state index contributed by atoms with van der Waals surface area (Å²) in [4.78, 5) is 30.0. The Kier molecular flexibility index (Phi) is 7.94. The molecule has 2 N–H and O–H groups in total. The summed E-state index contributed by atoms with van der Waals surface area (Å²) in [5, 5.41) is 5.65. The number of amides is 2. The highest BCUT2D eigenvalue weighted by molar-refractivity contribution is 5.95. The van der Waals surface area contributed by atoms with Crippen LogP contribution in [-0.2, 0) is 9.53 Å². The van der Waals surface area contributed by atoms with Gasteiger partial charge >= 0.3 is 12.0 Å². The van der Waals surface area contributed by atoms with Crippen molar-refractivity contribution in [3.8, 4) is 11.5 Å². The van der Waals surface area contributed by atoms with Crippen molar-refractivity contribution >= 4 is 17.7 Å². The van der Waals surface area contributed by atoms with Gasteiger partial charge in [0.25, 0.3) is 0 Å². The molecule has 0 bridgehead atoms. The Labute approximate surface area is 209 Å². The molecule has 0 saturated carbocycles. The van der Waals surface area contributed by atoms with Gasteiger partial charge in [-0.25, -0.2) is 14.0 Å². The zero-order valence-electron chi connectivity index (χ0n) is 20.7. The van der Waals surface area contributed by atoms with Crippen LogP contribution in [-0.4, -0.2) is 70.5 Å². The normalized spacial score (nSPS) is 18.4. The molecule has 1 fully saturated rings. The molecule has 0 aromatic heterocycles. The molecule has 1 atom stereocenters. The molecule has 10 heteroatoms. The smallest absolute Gasteiger partial charge is 0.338 e. The Balaban J connectivity index is 1.63. The lowest BCUT2D eigenvalue weighted by molar-refractivity contribution is -0.139. The number of nitrogens with zero attached hydrogens (tertiary/aromatic N) is 2. The zero-order chi connectivity index (χ0) is 25.7. The number of carbonyl (C=O) groups is 2. The second-order valence-electron chi connectivity index (χ2n) is 8.44. The van der Waals surface area contributed by atoms with E-state index in [2.05, 4.69) is 15.5 Å². The molecule has 1 saturated heterocycles. The lowest BCUT2D eigenvalue weighted by Crippen LogP contribution is -2.52. The fraction of sp³-hybridized carbons (Fsp3) is 0.385. The predicted molar refractivity (Wildman–Crippen MR) is 133 cm³/mol. The number of anilines is 1. The van der Waals surface area contributed by atoms with Gasteiger partial charge < -0.3 is 29.7 Å². The minimum absolute atomic E-state index is 0.187. The molecule has 4 rings (SSSR count). The van der Waals surface area contributed by atoms with Crippen molar-refractivity contribution in [2.24, 2.45) is 0 Å². The number of halogens is 1. The van der Waals surface area contributed by atoms with E-state index < -0.39 is 18.0 Å². The number of benzene rings is 2. The average molecular weight is 499 g/mol. The molecule has 2 aromatic carbocycles. The van der Waals surface area contributed by atoms with E-state index in [0.29, 0.717) is 66.7 Å². The average Bonchev–Trinajstić information content (AvgIpc) is 2.88. The first-order valence-corrected chi connectivity index (χ1v) is 11.9. The van der Waals surface area contributed by atoms with Gasteiger partial charge in [0.15, 0.2) is 11.5 Å². The van der Waals surface area contributed by atoms with Gasteiger partial charge in [-0.2, -0.15) is 0 Å². The summed E-state index contributed by atoms with van der Waals surface area (Å²) in [7, 11) is 3.03. The monoisotopic (exact) mass is 498 g/mol. The van der Waals surface area contributed by atoms with Crippen LogP contribution in [0.1, 0.15) is 18.5 Å². The highest BCUT2D eigenvalue weighted by Gasteiger charge is 2.36. The summed E-state index contributed by atoms with van der Waals surface area (Å²) in [5.41, 5.74) is 1.92. The van der Waals surface area contributed by atoms with E-state index in [1.54, 1.807) is 37.3 Å². The molecular weight excluding hydrogens is 467 g/mol. The second-order valence-corrected chi connectivity index (χ2v) is 8.44. The minimum Gasteiger partial charge on any atom is -0.493 e. The summed E-state index contributed by atoms with van der Waals surface area (Å²) in [6.07, 6.45) is 0.